The van der Waals surface area contributed by atoms with Crippen LogP contribution in [0.3, 0.4) is 0 Å². The van der Waals surface area contributed by atoms with Crippen molar-refractivity contribution in [3.63, 3.8) is 0 Å². The first-order valence-electron chi connectivity index (χ1n) is 5.63. The van der Waals surface area contributed by atoms with Gasteiger partial charge in [-0.15, -0.1) is 0 Å². The van der Waals surface area contributed by atoms with Crippen LogP contribution < -0.4 is 0 Å². The quantitative estimate of drug-likeness (QED) is 0.641. The Morgan fingerprint density at radius 3 is 2.35 bits per heavy atom. The Morgan fingerprint density at radius 2 is 1.88 bits per heavy atom. The van der Waals surface area contributed by atoms with Gasteiger partial charge in [-0.2, -0.15) is 0 Å². The number of rotatable bonds is 4. The lowest BCUT2D eigenvalue weighted by molar-refractivity contribution is 0.299. The first kappa shape index (κ1) is 14.9. The van der Waals surface area contributed by atoms with Crippen LogP contribution in [0.15, 0.2) is 17.0 Å². The van der Waals surface area contributed by atoms with Gasteiger partial charge in [-0.1, -0.05) is 26.8 Å². The molecule has 2 nitrogen and oxygen atoms in total. The summed E-state index contributed by atoms with van der Waals surface area (Å²) >= 11 is 0.780. The Morgan fingerprint density at radius 1 is 1.24 bits per heavy atom. The third kappa shape index (κ3) is 3.91. The van der Waals surface area contributed by atoms with E-state index in [0.717, 1.165) is 16.0 Å². The zero-order valence-electron chi connectivity index (χ0n) is 10.8. The molecular weight excluding hydrogens is 252 g/mol. The van der Waals surface area contributed by atoms with Gasteiger partial charge in [-0.25, -0.2) is 0 Å². The van der Waals surface area contributed by atoms with Crippen LogP contribution in [0.25, 0.3) is 0 Å². The summed E-state index contributed by atoms with van der Waals surface area (Å²) < 4.78 is 9.01. The number of aliphatic hydroxyl groups is 1. The lowest BCUT2D eigenvalue weighted by atomic mass is 9.85. The van der Waals surface area contributed by atoms with Crippen molar-refractivity contribution in [3.05, 3.63) is 28.8 Å². The fourth-order valence-electron chi connectivity index (χ4n) is 1.81. The fourth-order valence-corrected chi connectivity index (χ4v) is 3.23. The maximum atomic E-state index is 9.06. The molecule has 0 aliphatic carbocycles. The Bertz CT molecular complexity index is 384. The minimum Gasteiger partial charge on any atom is -0.396 e. The standard InChI is InChI=1S/C13H20O2S2/c1-9-7-12(16-17-15)11(13(2,3)4)8-10(9)5-6-14/h7-8,14-15H,5-6H2,1-4H3. The summed E-state index contributed by atoms with van der Waals surface area (Å²) in [5.41, 5.74) is 3.61. The van der Waals surface area contributed by atoms with Crippen molar-refractivity contribution in [2.24, 2.45) is 0 Å². The van der Waals surface area contributed by atoms with Gasteiger partial charge in [-0.05, 0) is 52.3 Å². The minimum absolute atomic E-state index is 0.0377. The Labute approximate surface area is 111 Å². The van der Waals surface area contributed by atoms with E-state index in [2.05, 4.69) is 32.9 Å². The zero-order valence-corrected chi connectivity index (χ0v) is 12.4. The molecule has 0 aliphatic rings. The zero-order chi connectivity index (χ0) is 13.1. The topological polar surface area (TPSA) is 40.5 Å². The maximum absolute atomic E-state index is 9.06. The van der Waals surface area contributed by atoms with Gasteiger partial charge in [0.25, 0.3) is 0 Å². The van der Waals surface area contributed by atoms with Gasteiger partial charge in [0.1, 0.15) is 0 Å². The Hall–Kier alpha value is -0.160. The number of benzene rings is 1. The van der Waals surface area contributed by atoms with Crippen LogP contribution in [0.2, 0.25) is 0 Å². The van der Waals surface area contributed by atoms with E-state index in [1.54, 1.807) is 0 Å². The molecule has 0 spiro atoms. The predicted octanol–water partition coefficient (Wildman–Crippen LogP) is 4.04. The van der Waals surface area contributed by atoms with Crippen LogP contribution >= 0.6 is 21.9 Å². The van der Waals surface area contributed by atoms with E-state index in [4.69, 9.17) is 9.66 Å². The average molecular weight is 272 g/mol. The third-order valence-electron chi connectivity index (χ3n) is 2.75. The van der Waals surface area contributed by atoms with Crippen molar-refractivity contribution >= 4 is 21.9 Å². The number of hydrogen-bond donors (Lipinski definition) is 2. The third-order valence-corrected chi connectivity index (χ3v) is 4.11. The highest BCUT2D eigenvalue weighted by atomic mass is 33.1. The highest BCUT2D eigenvalue weighted by Gasteiger charge is 2.20. The van der Waals surface area contributed by atoms with Crippen molar-refractivity contribution in [2.45, 2.75) is 44.4 Å². The van der Waals surface area contributed by atoms with Crippen LogP contribution in [0.1, 0.15) is 37.5 Å². The largest absolute Gasteiger partial charge is 0.396 e. The van der Waals surface area contributed by atoms with E-state index < -0.39 is 0 Å². The molecule has 96 valence electrons. The molecule has 1 aromatic carbocycles. The van der Waals surface area contributed by atoms with E-state index in [1.807, 2.05) is 6.92 Å². The van der Waals surface area contributed by atoms with Gasteiger partial charge in [-0.3, -0.25) is 0 Å². The molecule has 0 saturated carbocycles. The summed E-state index contributed by atoms with van der Waals surface area (Å²) in [6.07, 6.45) is 0.687. The van der Waals surface area contributed by atoms with Crippen LogP contribution in [-0.2, 0) is 11.8 Å². The van der Waals surface area contributed by atoms with E-state index >= 15 is 0 Å². The summed E-state index contributed by atoms with van der Waals surface area (Å²) in [4.78, 5) is 1.10. The van der Waals surface area contributed by atoms with Crippen molar-refractivity contribution in [2.75, 3.05) is 6.61 Å². The summed E-state index contributed by atoms with van der Waals surface area (Å²) in [6.45, 7) is 8.70. The summed E-state index contributed by atoms with van der Waals surface area (Å²) in [5, 5.41) is 9.06. The van der Waals surface area contributed by atoms with Crippen molar-refractivity contribution in [1.29, 1.82) is 0 Å². The second-order valence-corrected chi connectivity index (χ2v) is 6.86. The summed E-state index contributed by atoms with van der Waals surface area (Å²) in [6, 6.07) is 4.25. The molecule has 0 amide bonds. The molecule has 0 radical (unpaired) electrons. The van der Waals surface area contributed by atoms with Gasteiger partial charge < -0.3 is 9.66 Å². The number of aryl methyl sites for hydroxylation is 1. The molecule has 0 unspecified atom stereocenters. The molecule has 0 bridgehead atoms. The monoisotopic (exact) mass is 272 g/mol. The minimum atomic E-state index is 0.0377. The van der Waals surface area contributed by atoms with Crippen LogP contribution in [0.5, 0.6) is 0 Å². The maximum Gasteiger partial charge on any atom is 0.0646 e. The molecule has 4 heteroatoms. The molecule has 17 heavy (non-hydrogen) atoms. The normalized spacial score (nSPS) is 11.9. The SMILES string of the molecule is Cc1cc(SSO)c(C(C)(C)C)cc1CCO. The van der Waals surface area contributed by atoms with Crippen LogP contribution in [0.4, 0.5) is 0 Å². The Kier molecular flexibility index (Phi) is 5.38. The highest BCUT2D eigenvalue weighted by Crippen LogP contribution is 2.38. The molecule has 0 fully saturated rings. The summed E-state index contributed by atoms with van der Waals surface area (Å²) in [5.74, 6) is 0. The highest BCUT2D eigenvalue weighted by molar-refractivity contribution is 8.74. The first-order chi connectivity index (χ1) is 7.90. The second-order valence-electron chi connectivity index (χ2n) is 5.16. The molecule has 0 heterocycles. The van der Waals surface area contributed by atoms with Gasteiger partial charge in [0.05, 0.1) is 11.1 Å². The van der Waals surface area contributed by atoms with Crippen LogP contribution in [0, 0.1) is 6.92 Å². The molecule has 1 aromatic rings. The van der Waals surface area contributed by atoms with Gasteiger partial charge >= 0.3 is 0 Å². The van der Waals surface area contributed by atoms with E-state index in [9.17, 15) is 0 Å². The molecule has 2 N–H and O–H groups in total. The van der Waals surface area contributed by atoms with Crippen LogP contribution in [-0.4, -0.2) is 16.3 Å². The molecule has 0 aliphatic heterocycles. The van der Waals surface area contributed by atoms with Gasteiger partial charge in [0.2, 0.25) is 0 Å². The molecular formula is C13H20O2S2. The first-order valence-corrected chi connectivity index (χ1v) is 7.73. The number of aliphatic hydroxyl groups excluding tert-OH is 1. The average Bonchev–Trinajstić information content (AvgIpc) is 2.20. The van der Waals surface area contributed by atoms with E-state index in [-0.39, 0.29) is 12.0 Å². The van der Waals surface area contributed by atoms with Gasteiger partial charge in [0, 0.05) is 11.5 Å². The fraction of sp³-hybridized carbons (Fsp3) is 0.538. The van der Waals surface area contributed by atoms with Crippen molar-refractivity contribution in [3.8, 4) is 0 Å². The second kappa shape index (κ2) is 6.14. The lowest BCUT2D eigenvalue weighted by Crippen LogP contribution is -2.14. The molecule has 1 rings (SSSR count). The molecule has 0 saturated heterocycles. The van der Waals surface area contributed by atoms with Crippen molar-refractivity contribution < 1.29 is 9.66 Å². The van der Waals surface area contributed by atoms with E-state index in [1.165, 1.54) is 27.5 Å². The molecule has 0 atom stereocenters. The predicted molar refractivity (Wildman–Crippen MR) is 76.7 cm³/mol. The van der Waals surface area contributed by atoms with Crippen molar-refractivity contribution in [1.82, 2.24) is 0 Å². The van der Waals surface area contributed by atoms with Gasteiger partial charge in [0.15, 0.2) is 0 Å². The Balaban J connectivity index is 3.26. The smallest absolute Gasteiger partial charge is 0.0646 e. The number of hydrogen-bond acceptors (Lipinski definition) is 4. The summed E-state index contributed by atoms with van der Waals surface area (Å²) in [7, 11) is 1.38. The lowest BCUT2D eigenvalue weighted by Gasteiger charge is -2.24. The molecule has 0 aromatic heterocycles. The van der Waals surface area contributed by atoms with E-state index in [0.29, 0.717) is 6.42 Å².